The summed E-state index contributed by atoms with van der Waals surface area (Å²) in [6, 6.07) is 4.31. The molecular formula is C20H16F3N7O3. The molecule has 0 unspecified atom stereocenters. The maximum Gasteiger partial charge on any atom is 0.416 e. The topological polar surface area (TPSA) is 117 Å². The van der Waals surface area contributed by atoms with Gasteiger partial charge in [-0.25, -0.2) is 19.4 Å². The van der Waals surface area contributed by atoms with E-state index in [1.807, 2.05) is 0 Å². The lowest BCUT2D eigenvalue weighted by Crippen LogP contribution is -2.22. The van der Waals surface area contributed by atoms with E-state index in [0.717, 1.165) is 18.2 Å². The lowest BCUT2D eigenvalue weighted by Gasteiger charge is -2.14. The molecule has 0 radical (unpaired) electrons. The van der Waals surface area contributed by atoms with E-state index < -0.39 is 30.2 Å². The fourth-order valence-electron chi connectivity index (χ4n) is 3.17. The number of aromatic nitrogens is 6. The van der Waals surface area contributed by atoms with E-state index in [2.05, 4.69) is 25.5 Å². The predicted octanol–water partition coefficient (Wildman–Crippen LogP) is 2.67. The molecule has 0 bridgehead atoms. The first kappa shape index (κ1) is 21.9. The van der Waals surface area contributed by atoms with Gasteiger partial charge in [0.25, 0.3) is 5.91 Å². The van der Waals surface area contributed by atoms with Crippen molar-refractivity contribution in [3.05, 3.63) is 59.9 Å². The lowest BCUT2D eigenvalue weighted by atomic mass is 10.1. The summed E-state index contributed by atoms with van der Waals surface area (Å²) in [6.07, 6.45) is -0.871. The Hall–Kier alpha value is -4.29. The van der Waals surface area contributed by atoms with Gasteiger partial charge in [0.15, 0.2) is 12.3 Å². The number of carbonyl (C=O) groups excluding carboxylic acids is 2. The normalized spacial score (nSPS) is 11.5. The molecule has 0 atom stereocenters. The van der Waals surface area contributed by atoms with Gasteiger partial charge in [-0.3, -0.25) is 9.48 Å². The molecule has 0 fully saturated rings. The Labute approximate surface area is 184 Å². The smallest absolute Gasteiger partial charge is 0.416 e. The maximum absolute atomic E-state index is 13.1. The van der Waals surface area contributed by atoms with Crippen molar-refractivity contribution < 1.29 is 27.5 Å². The second kappa shape index (κ2) is 8.33. The number of esters is 1. The number of rotatable bonds is 5. The van der Waals surface area contributed by atoms with Crippen LogP contribution in [0.3, 0.4) is 0 Å². The summed E-state index contributed by atoms with van der Waals surface area (Å²) in [4.78, 5) is 32.6. The van der Waals surface area contributed by atoms with E-state index in [0.29, 0.717) is 16.7 Å². The molecule has 170 valence electrons. The minimum Gasteiger partial charge on any atom is -0.452 e. The third-order valence-electron chi connectivity index (χ3n) is 4.70. The van der Waals surface area contributed by atoms with Crippen LogP contribution < -0.4 is 5.32 Å². The van der Waals surface area contributed by atoms with Crippen LogP contribution in [-0.4, -0.2) is 48.0 Å². The van der Waals surface area contributed by atoms with Gasteiger partial charge in [-0.05, 0) is 31.2 Å². The van der Waals surface area contributed by atoms with Crippen LogP contribution >= 0.6 is 0 Å². The number of carbonyl (C=O) groups is 2. The SMILES string of the molecule is Cc1nn(C)c2ncc(C(=O)OCC(=O)Nc3cc(C(F)(F)F)ccc3-n3cncn3)cc12. The highest BCUT2D eigenvalue weighted by atomic mass is 19.4. The highest BCUT2D eigenvalue weighted by Crippen LogP contribution is 2.33. The van der Waals surface area contributed by atoms with E-state index in [1.165, 1.54) is 23.5 Å². The molecule has 4 aromatic rings. The number of aryl methyl sites for hydroxylation is 2. The third-order valence-corrected chi connectivity index (χ3v) is 4.70. The number of amides is 1. The van der Waals surface area contributed by atoms with E-state index in [9.17, 15) is 22.8 Å². The number of hydrogen-bond donors (Lipinski definition) is 1. The van der Waals surface area contributed by atoms with Gasteiger partial charge in [0, 0.05) is 18.6 Å². The van der Waals surface area contributed by atoms with Crippen LogP contribution in [-0.2, 0) is 22.8 Å². The minimum absolute atomic E-state index is 0.105. The van der Waals surface area contributed by atoms with Crippen LogP contribution in [0.2, 0.25) is 0 Å². The molecule has 1 N–H and O–H groups in total. The van der Waals surface area contributed by atoms with E-state index in [4.69, 9.17) is 4.74 Å². The van der Waals surface area contributed by atoms with Crippen molar-refractivity contribution in [3.8, 4) is 5.69 Å². The lowest BCUT2D eigenvalue weighted by molar-refractivity contribution is -0.137. The Kier molecular flexibility index (Phi) is 5.54. The monoisotopic (exact) mass is 459 g/mol. The summed E-state index contributed by atoms with van der Waals surface area (Å²) >= 11 is 0. The molecule has 0 aliphatic carbocycles. The van der Waals surface area contributed by atoms with Crippen molar-refractivity contribution in [1.82, 2.24) is 29.5 Å². The Bertz CT molecular complexity index is 1350. The number of fused-ring (bicyclic) bond motifs is 1. The highest BCUT2D eigenvalue weighted by molar-refractivity contribution is 5.98. The zero-order chi connectivity index (χ0) is 23.8. The van der Waals surface area contributed by atoms with Gasteiger partial charge in [0.05, 0.1) is 28.2 Å². The largest absolute Gasteiger partial charge is 0.452 e. The molecule has 3 heterocycles. The second-order valence-corrected chi connectivity index (χ2v) is 7.00. The number of halogens is 3. The molecule has 3 aromatic heterocycles. The number of pyridine rings is 1. The van der Waals surface area contributed by atoms with E-state index in [-0.39, 0.29) is 16.9 Å². The number of hydrogen-bond acceptors (Lipinski definition) is 7. The molecular weight excluding hydrogens is 443 g/mol. The van der Waals surface area contributed by atoms with Gasteiger partial charge in [-0.1, -0.05) is 0 Å². The van der Waals surface area contributed by atoms with Gasteiger partial charge >= 0.3 is 12.1 Å². The molecule has 0 aliphatic rings. The van der Waals surface area contributed by atoms with E-state index >= 15 is 0 Å². The van der Waals surface area contributed by atoms with Crippen molar-refractivity contribution >= 4 is 28.6 Å². The Morgan fingerprint density at radius 1 is 1.21 bits per heavy atom. The van der Waals surface area contributed by atoms with Crippen LogP contribution in [0.1, 0.15) is 21.6 Å². The van der Waals surface area contributed by atoms with Crippen molar-refractivity contribution in [2.45, 2.75) is 13.1 Å². The first-order valence-electron chi connectivity index (χ1n) is 9.46. The molecule has 0 saturated heterocycles. The Balaban J connectivity index is 1.49. The van der Waals surface area contributed by atoms with Crippen LogP contribution in [0.15, 0.2) is 43.1 Å². The first-order valence-corrected chi connectivity index (χ1v) is 9.46. The van der Waals surface area contributed by atoms with Gasteiger partial charge in [0.1, 0.15) is 12.7 Å². The third kappa shape index (κ3) is 4.51. The molecule has 1 amide bonds. The number of alkyl halides is 3. The van der Waals surface area contributed by atoms with Gasteiger partial charge in [-0.2, -0.15) is 23.4 Å². The highest BCUT2D eigenvalue weighted by Gasteiger charge is 2.31. The van der Waals surface area contributed by atoms with Crippen molar-refractivity contribution in [2.75, 3.05) is 11.9 Å². The zero-order valence-corrected chi connectivity index (χ0v) is 17.3. The second-order valence-electron chi connectivity index (χ2n) is 7.00. The van der Waals surface area contributed by atoms with Crippen LogP contribution in [0.4, 0.5) is 18.9 Å². The molecule has 33 heavy (non-hydrogen) atoms. The molecule has 0 spiro atoms. The van der Waals surface area contributed by atoms with Crippen LogP contribution in [0, 0.1) is 6.92 Å². The molecule has 4 rings (SSSR count). The van der Waals surface area contributed by atoms with Crippen molar-refractivity contribution in [2.24, 2.45) is 7.05 Å². The molecule has 10 nitrogen and oxygen atoms in total. The maximum atomic E-state index is 13.1. The number of benzene rings is 1. The average Bonchev–Trinajstić information content (AvgIpc) is 3.39. The summed E-state index contributed by atoms with van der Waals surface area (Å²) < 4.78 is 47.2. The van der Waals surface area contributed by atoms with E-state index in [1.54, 1.807) is 24.7 Å². The molecule has 13 heteroatoms. The van der Waals surface area contributed by atoms with Crippen molar-refractivity contribution in [3.63, 3.8) is 0 Å². The number of anilines is 1. The number of nitrogens with zero attached hydrogens (tertiary/aromatic N) is 6. The summed E-state index contributed by atoms with van der Waals surface area (Å²) in [5.74, 6) is -1.65. The quantitative estimate of drug-likeness (QED) is 0.456. The number of nitrogens with one attached hydrogen (secondary N) is 1. The van der Waals surface area contributed by atoms with Gasteiger partial charge in [-0.15, -0.1) is 0 Å². The Morgan fingerprint density at radius 3 is 2.70 bits per heavy atom. The Morgan fingerprint density at radius 2 is 2.00 bits per heavy atom. The molecule has 0 aliphatic heterocycles. The predicted molar refractivity (Wildman–Crippen MR) is 109 cm³/mol. The average molecular weight is 459 g/mol. The minimum atomic E-state index is -4.62. The van der Waals surface area contributed by atoms with Crippen molar-refractivity contribution in [1.29, 1.82) is 0 Å². The summed E-state index contributed by atoms with van der Waals surface area (Å²) in [5, 5.41) is 11.1. The summed E-state index contributed by atoms with van der Waals surface area (Å²) in [5.41, 5.74) is 0.357. The zero-order valence-electron chi connectivity index (χ0n) is 17.3. The van der Waals surface area contributed by atoms with Crippen LogP contribution in [0.5, 0.6) is 0 Å². The fourth-order valence-corrected chi connectivity index (χ4v) is 3.17. The summed E-state index contributed by atoms with van der Waals surface area (Å²) in [6.45, 7) is 1.03. The number of ether oxygens (including phenoxy) is 1. The first-order chi connectivity index (χ1) is 15.6. The van der Waals surface area contributed by atoms with Gasteiger partial charge in [0.2, 0.25) is 0 Å². The standard InChI is InChI=1S/C20H16F3N7O3/c1-11-14-5-12(7-25-18(14)29(2)28-11)19(32)33-8-17(31)27-15-6-13(20(21,22)23)3-4-16(15)30-10-24-9-26-30/h3-7,9-10H,8H2,1-2H3,(H,27,31). The molecule has 0 saturated carbocycles. The van der Waals surface area contributed by atoms with Crippen LogP contribution in [0.25, 0.3) is 16.7 Å². The fraction of sp³-hybridized carbons (Fsp3) is 0.200. The molecule has 1 aromatic carbocycles. The van der Waals surface area contributed by atoms with Gasteiger partial charge < -0.3 is 10.1 Å². The summed E-state index contributed by atoms with van der Waals surface area (Å²) in [7, 11) is 1.71.